The van der Waals surface area contributed by atoms with Crippen molar-refractivity contribution in [2.45, 2.75) is 32.9 Å². The lowest BCUT2D eigenvalue weighted by Crippen LogP contribution is -2.21. The average Bonchev–Trinajstić information content (AvgIpc) is 2.33. The summed E-state index contributed by atoms with van der Waals surface area (Å²) in [7, 11) is -2.93. The van der Waals surface area contributed by atoms with Crippen LogP contribution in [0.5, 0.6) is 5.75 Å². The zero-order valence-corrected chi connectivity index (χ0v) is 16.4. The van der Waals surface area contributed by atoms with Gasteiger partial charge in [-0.05, 0) is 56.0 Å². The van der Waals surface area contributed by atoms with Gasteiger partial charge in [0.15, 0.2) is 0 Å². The molecule has 0 saturated heterocycles. The molecule has 7 heteroatoms. The van der Waals surface area contributed by atoms with Gasteiger partial charge in [0.25, 0.3) is 0 Å². The molecule has 0 aromatic heterocycles. The lowest BCUT2D eigenvalue weighted by molar-refractivity contribution is 0.313. The molecule has 0 radical (unpaired) electrons. The van der Waals surface area contributed by atoms with Crippen LogP contribution < -0.4 is 10.1 Å². The first kappa shape index (κ1) is 18.9. The fourth-order valence-electron chi connectivity index (χ4n) is 1.67. The van der Waals surface area contributed by atoms with Crippen LogP contribution in [-0.2, 0) is 16.4 Å². The first-order chi connectivity index (χ1) is 9.69. The lowest BCUT2D eigenvalue weighted by Gasteiger charge is -2.13. The Hall–Kier alpha value is -0.110. The van der Waals surface area contributed by atoms with Crippen LogP contribution in [0.4, 0.5) is 0 Å². The number of halogens is 2. The van der Waals surface area contributed by atoms with E-state index in [0.29, 0.717) is 24.8 Å². The predicted octanol–water partition coefficient (Wildman–Crippen LogP) is 3.52. The number of hydrogen-bond donors (Lipinski definition) is 1. The molecular formula is C14H21Br2NO3S. The Morgan fingerprint density at radius 3 is 2.29 bits per heavy atom. The van der Waals surface area contributed by atoms with Gasteiger partial charge in [-0.3, -0.25) is 0 Å². The number of ether oxygens (including phenoxy) is 1. The summed E-state index contributed by atoms with van der Waals surface area (Å²) in [5.41, 5.74) is 1.14. The number of nitrogens with one attached hydrogen (secondary N) is 1. The van der Waals surface area contributed by atoms with Crippen molar-refractivity contribution in [3.8, 4) is 5.75 Å². The smallest absolute Gasteiger partial charge is 0.147 e. The second-order valence-electron chi connectivity index (χ2n) is 5.26. The fraction of sp³-hybridized carbons (Fsp3) is 0.571. The summed E-state index contributed by atoms with van der Waals surface area (Å²) in [6.07, 6.45) is 1.71. The van der Waals surface area contributed by atoms with Gasteiger partial charge in [-0.2, -0.15) is 0 Å². The number of rotatable bonds is 8. The molecule has 0 spiro atoms. The highest BCUT2D eigenvalue weighted by molar-refractivity contribution is 9.11. The van der Waals surface area contributed by atoms with Crippen LogP contribution in [0.1, 0.15) is 25.8 Å². The molecule has 4 nitrogen and oxygen atoms in total. The largest absolute Gasteiger partial charge is 0.491 e. The molecule has 0 unspecified atom stereocenters. The second-order valence-corrected chi connectivity index (χ2v) is 9.22. The van der Waals surface area contributed by atoms with Gasteiger partial charge < -0.3 is 10.1 Å². The quantitative estimate of drug-likeness (QED) is 0.625. The highest BCUT2D eigenvalue weighted by Gasteiger charge is 2.10. The predicted molar refractivity (Wildman–Crippen MR) is 93.6 cm³/mol. The summed E-state index contributed by atoms with van der Waals surface area (Å²) in [6.45, 7) is 5.35. The molecule has 0 fully saturated rings. The van der Waals surface area contributed by atoms with Gasteiger partial charge in [0.05, 0.1) is 21.3 Å². The number of benzene rings is 1. The van der Waals surface area contributed by atoms with Crippen molar-refractivity contribution in [3.05, 3.63) is 26.6 Å². The molecule has 1 rings (SSSR count). The van der Waals surface area contributed by atoms with Crippen molar-refractivity contribution in [2.75, 3.05) is 18.6 Å². The molecule has 1 aromatic rings. The number of hydrogen-bond acceptors (Lipinski definition) is 4. The van der Waals surface area contributed by atoms with Crippen LogP contribution in [0.2, 0.25) is 0 Å². The lowest BCUT2D eigenvalue weighted by atomic mass is 10.2. The van der Waals surface area contributed by atoms with Gasteiger partial charge >= 0.3 is 0 Å². The van der Waals surface area contributed by atoms with E-state index < -0.39 is 9.84 Å². The summed E-state index contributed by atoms with van der Waals surface area (Å²) in [6, 6.07) is 4.44. The molecule has 0 aliphatic carbocycles. The van der Waals surface area contributed by atoms with E-state index in [9.17, 15) is 8.42 Å². The average molecular weight is 443 g/mol. The monoisotopic (exact) mass is 441 g/mol. The van der Waals surface area contributed by atoms with Crippen LogP contribution in [0.15, 0.2) is 21.1 Å². The van der Waals surface area contributed by atoms with Gasteiger partial charge in [-0.15, -0.1) is 0 Å². The van der Waals surface area contributed by atoms with Crippen molar-refractivity contribution in [2.24, 2.45) is 0 Å². The highest BCUT2D eigenvalue weighted by Crippen LogP contribution is 2.34. The Bertz CT molecular complexity index is 551. The van der Waals surface area contributed by atoms with Crippen LogP contribution >= 0.6 is 31.9 Å². The molecule has 1 N–H and O–H groups in total. The van der Waals surface area contributed by atoms with E-state index >= 15 is 0 Å². The van der Waals surface area contributed by atoms with E-state index in [1.807, 2.05) is 12.1 Å². The van der Waals surface area contributed by atoms with Crippen molar-refractivity contribution in [1.82, 2.24) is 5.32 Å². The number of sulfone groups is 1. The summed E-state index contributed by atoms with van der Waals surface area (Å²) >= 11 is 6.99. The molecule has 0 aliphatic heterocycles. The normalized spacial score (nSPS) is 11.9. The first-order valence-corrected chi connectivity index (χ1v) is 10.4. The van der Waals surface area contributed by atoms with Crippen LogP contribution in [0.3, 0.4) is 0 Å². The van der Waals surface area contributed by atoms with Gasteiger partial charge in [0.1, 0.15) is 15.6 Å². The first-order valence-electron chi connectivity index (χ1n) is 6.71. The zero-order chi connectivity index (χ0) is 16.0. The van der Waals surface area contributed by atoms with E-state index in [-0.39, 0.29) is 5.75 Å². The SMILES string of the molecule is CC(C)NCc1cc(Br)c(OCCCS(C)(=O)=O)c(Br)c1. The van der Waals surface area contributed by atoms with E-state index in [4.69, 9.17) is 4.74 Å². The summed E-state index contributed by atoms with van der Waals surface area (Å²) in [5.74, 6) is 0.843. The Balaban J connectivity index is 2.63. The maximum atomic E-state index is 11.1. The minimum Gasteiger partial charge on any atom is -0.491 e. The van der Waals surface area contributed by atoms with Crippen LogP contribution in [0.25, 0.3) is 0 Å². The van der Waals surface area contributed by atoms with Gasteiger partial charge in [0, 0.05) is 18.8 Å². The van der Waals surface area contributed by atoms with Crippen molar-refractivity contribution in [1.29, 1.82) is 0 Å². The zero-order valence-electron chi connectivity index (χ0n) is 12.4. The maximum absolute atomic E-state index is 11.1. The molecule has 0 heterocycles. The van der Waals surface area contributed by atoms with E-state index in [1.54, 1.807) is 0 Å². The Kier molecular flexibility index (Phi) is 7.67. The Morgan fingerprint density at radius 2 is 1.81 bits per heavy atom. The Labute approximate surface area is 143 Å². The Morgan fingerprint density at radius 1 is 1.24 bits per heavy atom. The minimum atomic E-state index is -2.93. The van der Waals surface area contributed by atoms with E-state index in [0.717, 1.165) is 21.1 Å². The van der Waals surface area contributed by atoms with Gasteiger partial charge in [-0.25, -0.2) is 8.42 Å². The topological polar surface area (TPSA) is 55.4 Å². The molecular weight excluding hydrogens is 422 g/mol. The van der Waals surface area contributed by atoms with E-state index in [2.05, 4.69) is 51.0 Å². The molecule has 1 aromatic carbocycles. The molecule has 0 amide bonds. The third-order valence-corrected chi connectivity index (χ3v) is 4.89. The van der Waals surface area contributed by atoms with Crippen molar-refractivity contribution < 1.29 is 13.2 Å². The second kappa shape index (κ2) is 8.50. The molecule has 0 aliphatic rings. The van der Waals surface area contributed by atoms with Gasteiger partial charge in [0.2, 0.25) is 0 Å². The summed E-state index contributed by atoms with van der Waals surface area (Å²) in [5, 5.41) is 3.36. The fourth-order valence-corrected chi connectivity index (χ4v) is 3.82. The molecule has 120 valence electrons. The summed E-state index contributed by atoms with van der Waals surface area (Å²) in [4.78, 5) is 0. The van der Waals surface area contributed by atoms with Gasteiger partial charge in [-0.1, -0.05) is 13.8 Å². The van der Waals surface area contributed by atoms with Crippen LogP contribution in [0, 0.1) is 0 Å². The molecule has 0 saturated carbocycles. The van der Waals surface area contributed by atoms with Crippen LogP contribution in [-0.4, -0.2) is 33.1 Å². The molecule has 0 atom stereocenters. The summed E-state index contributed by atoms with van der Waals surface area (Å²) < 4.78 is 29.5. The maximum Gasteiger partial charge on any atom is 0.147 e. The molecule has 0 bridgehead atoms. The third-order valence-electron chi connectivity index (χ3n) is 2.68. The van der Waals surface area contributed by atoms with Crippen molar-refractivity contribution >= 4 is 41.7 Å². The molecule has 21 heavy (non-hydrogen) atoms. The van der Waals surface area contributed by atoms with E-state index in [1.165, 1.54) is 6.26 Å². The standard InChI is InChI=1S/C14H21Br2NO3S/c1-10(2)17-9-11-7-12(15)14(13(16)8-11)20-5-4-6-21(3,18)19/h7-8,10,17H,4-6,9H2,1-3H3. The van der Waals surface area contributed by atoms with Crippen molar-refractivity contribution in [3.63, 3.8) is 0 Å². The minimum absolute atomic E-state index is 0.138. The highest BCUT2D eigenvalue weighted by atomic mass is 79.9. The third kappa shape index (κ3) is 7.63.